The second kappa shape index (κ2) is 6.87. The van der Waals surface area contributed by atoms with Crippen molar-refractivity contribution >= 4 is 24.4 Å². The van der Waals surface area contributed by atoms with Crippen molar-refractivity contribution in [3.63, 3.8) is 0 Å². The van der Waals surface area contributed by atoms with E-state index in [-0.39, 0.29) is 17.8 Å². The average Bonchev–Trinajstić information content (AvgIpc) is 2.48. The van der Waals surface area contributed by atoms with Gasteiger partial charge in [-0.15, -0.1) is 0 Å². The molecule has 0 aliphatic heterocycles. The SMILES string of the molecule is O=C(Nc1ccc(F)c(B(O)O)c1)OCc1ccccc1. The first-order chi connectivity index (χ1) is 10.1. The Labute approximate surface area is 121 Å². The quantitative estimate of drug-likeness (QED) is 0.740. The number of benzene rings is 2. The van der Waals surface area contributed by atoms with Crippen molar-refractivity contribution in [2.75, 3.05) is 5.32 Å². The second-order valence-electron chi connectivity index (χ2n) is 4.30. The molecule has 0 spiro atoms. The maximum Gasteiger partial charge on any atom is 0.491 e. The van der Waals surface area contributed by atoms with E-state index in [4.69, 9.17) is 14.8 Å². The highest BCUT2D eigenvalue weighted by atomic mass is 19.1. The van der Waals surface area contributed by atoms with E-state index < -0.39 is 19.0 Å². The summed E-state index contributed by atoms with van der Waals surface area (Å²) < 4.78 is 18.3. The van der Waals surface area contributed by atoms with Crippen molar-refractivity contribution in [1.29, 1.82) is 0 Å². The zero-order valence-electron chi connectivity index (χ0n) is 11.0. The summed E-state index contributed by atoms with van der Waals surface area (Å²) >= 11 is 0. The third kappa shape index (κ3) is 4.30. The zero-order chi connectivity index (χ0) is 15.2. The van der Waals surface area contributed by atoms with Gasteiger partial charge in [0.25, 0.3) is 0 Å². The van der Waals surface area contributed by atoms with Gasteiger partial charge in [0.15, 0.2) is 0 Å². The molecule has 0 aliphatic carbocycles. The molecule has 2 rings (SSSR count). The zero-order valence-corrected chi connectivity index (χ0v) is 11.0. The summed E-state index contributed by atoms with van der Waals surface area (Å²) in [6.07, 6.45) is -0.719. The summed E-state index contributed by atoms with van der Waals surface area (Å²) in [5, 5.41) is 20.4. The first-order valence-corrected chi connectivity index (χ1v) is 6.19. The van der Waals surface area contributed by atoms with E-state index in [9.17, 15) is 9.18 Å². The number of carbonyl (C=O) groups excluding carboxylic acids is 1. The molecule has 5 nitrogen and oxygen atoms in total. The minimum absolute atomic E-state index is 0.101. The van der Waals surface area contributed by atoms with Crippen molar-refractivity contribution in [3.8, 4) is 0 Å². The van der Waals surface area contributed by atoms with Crippen LogP contribution in [0.2, 0.25) is 0 Å². The van der Waals surface area contributed by atoms with Crippen LogP contribution in [0, 0.1) is 5.82 Å². The predicted octanol–water partition coefficient (Wildman–Crippen LogP) is 1.25. The van der Waals surface area contributed by atoms with Crippen molar-refractivity contribution in [2.45, 2.75) is 6.61 Å². The molecule has 0 atom stereocenters. The molecule has 0 heterocycles. The lowest BCUT2D eigenvalue weighted by atomic mass is 9.79. The Hall–Kier alpha value is -2.38. The van der Waals surface area contributed by atoms with Crippen molar-refractivity contribution in [2.24, 2.45) is 0 Å². The van der Waals surface area contributed by atoms with E-state index in [2.05, 4.69) is 5.32 Å². The number of amides is 1. The van der Waals surface area contributed by atoms with Gasteiger partial charge in [-0.05, 0) is 23.8 Å². The topological polar surface area (TPSA) is 78.8 Å². The molecule has 0 saturated carbocycles. The van der Waals surface area contributed by atoms with Crippen LogP contribution in [0.3, 0.4) is 0 Å². The molecule has 0 radical (unpaired) electrons. The molecule has 0 fully saturated rings. The standard InChI is InChI=1S/C14H13BFNO4/c16-13-7-6-11(8-12(13)15(19)20)17-14(18)21-9-10-4-2-1-3-5-10/h1-8,19-20H,9H2,(H,17,18). The van der Waals surface area contributed by atoms with Crippen LogP contribution in [0.25, 0.3) is 0 Å². The highest BCUT2D eigenvalue weighted by molar-refractivity contribution is 6.58. The monoisotopic (exact) mass is 289 g/mol. The Balaban J connectivity index is 1.95. The summed E-state index contributed by atoms with van der Waals surface area (Å²) in [4.78, 5) is 11.6. The summed E-state index contributed by atoms with van der Waals surface area (Å²) in [6, 6.07) is 12.6. The molecule has 2 aromatic rings. The van der Waals surface area contributed by atoms with Crippen molar-refractivity contribution < 1.29 is 24.0 Å². The number of carbonyl (C=O) groups is 1. The van der Waals surface area contributed by atoms with Gasteiger partial charge >= 0.3 is 13.2 Å². The number of hydrogen-bond donors (Lipinski definition) is 3. The molecule has 21 heavy (non-hydrogen) atoms. The van der Waals surface area contributed by atoms with Gasteiger partial charge in [-0.2, -0.15) is 0 Å². The minimum Gasteiger partial charge on any atom is -0.444 e. The van der Waals surface area contributed by atoms with Crippen LogP contribution in [-0.2, 0) is 11.3 Å². The third-order valence-corrected chi connectivity index (χ3v) is 2.73. The Bertz CT molecular complexity index is 622. The summed E-state index contributed by atoms with van der Waals surface area (Å²) in [5.41, 5.74) is 0.714. The molecule has 108 valence electrons. The van der Waals surface area contributed by atoms with Crippen LogP contribution in [0.15, 0.2) is 48.5 Å². The lowest BCUT2D eigenvalue weighted by Gasteiger charge is -2.09. The smallest absolute Gasteiger partial charge is 0.444 e. The highest BCUT2D eigenvalue weighted by Gasteiger charge is 2.17. The molecule has 0 bridgehead atoms. The Kier molecular flexibility index (Phi) is 4.92. The van der Waals surface area contributed by atoms with Gasteiger partial charge in [0.1, 0.15) is 12.4 Å². The summed E-state index contributed by atoms with van der Waals surface area (Å²) in [5.74, 6) is -0.770. The first-order valence-electron chi connectivity index (χ1n) is 6.19. The van der Waals surface area contributed by atoms with Crippen LogP contribution in [-0.4, -0.2) is 23.3 Å². The molecular formula is C14H13BFNO4. The molecule has 3 N–H and O–H groups in total. The van der Waals surface area contributed by atoms with Gasteiger partial charge < -0.3 is 14.8 Å². The fourth-order valence-corrected chi connectivity index (χ4v) is 1.70. The predicted molar refractivity (Wildman–Crippen MR) is 76.5 cm³/mol. The molecule has 0 aliphatic rings. The Morgan fingerprint density at radius 1 is 1.19 bits per heavy atom. The van der Waals surface area contributed by atoms with E-state index in [1.165, 1.54) is 6.07 Å². The first kappa shape index (κ1) is 15.0. The van der Waals surface area contributed by atoms with Gasteiger partial charge in [0.2, 0.25) is 0 Å². The number of ether oxygens (including phenoxy) is 1. The molecule has 7 heteroatoms. The van der Waals surface area contributed by atoms with Crippen molar-refractivity contribution in [1.82, 2.24) is 0 Å². The average molecular weight is 289 g/mol. The maximum atomic E-state index is 13.3. The fraction of sp³-hybridized carbons (Fsp3) is 0.0714. The number of hydrogen-bond acceptors (Lipinski definition) is 4. The fourth-order valence-electron chi connectivity index (χ4n) is 1.70. The highest BCUT2D eigenvalue weighted by Crippen LogP contribution is 2.09. The van der Waals surface area contributed by atoms with Gasteiger partial charge in [0.05, 0.1) is 0 Å². The molecule has 1 amide bonds. The van der Waals surface area contributed by atoms with Crippen molar-refractivity contribution in [3.05, 3.63) is 59.9 Å². The van der Waals surface area contributed by atoms with Crippen LogP contribution in [0.5, 0.6) is 0 Å². The number of nitrogens with one attached hydrogen (secondary N) is 1. The van der Waals surface area contributed by atoms with Crippen LogP contribution >= 0.6 is 0 Å². The number of rotatable bonds is 4. The summed E-state index contributed by atoms with van der Waals surface area (Å²) in [7, 11) is -1.95. The van der Waals surface area contributed by atoms with Gasteiger partial charge in [-0.1, -0.05) is 30.3 Å². The van der Waals surface area contributed by atoms with E-state index in [1.807, 2.05) is 30.3 Å². The molecule has 0 unspecified atom stereocenters. The number of anilines is 1. The van der Waals surface area contributed by atoms with Crippen LogP contribution < -0.4 is 10.8 Å². The lowest BCUT2D eigenvalue weighted by molar-refractivity contribution is 0.155. The van der Waals surface area contributed by atoms with E-state index in [0.29, 0.717) is 0 Å². The van der Waals surface area contributed by atoms with Gasteiger partial charge in [-0.3, -0.25) is 5.32 Å². The molecule has 0 aromatic heterocycles. The van der Waals surface area contributed by atoms with E-state index >= 15 is 0 Å². The number of halogens is 1. The maximum absolute atomic E-state index is 13.3. The third-order valence-electron chi connectivity index (χ3n) is 2.73. The van der Waals surface area contributed by atoms with Gasteiger partial charge in [0, 0.05) is 11.2 Å². The molecular weight excluding hydrogens is 276 g/mol. The minimum atomic E-state index is -1.95. The van der Waals surface area contributed by atoms with Gasteiger partial charge in [-0.25, -0.2) is 9.18 Å². The second-order valence-corrected chi connectivity index (χ2v) is 4.30. The van der Waals surface area contributed by atoms with E-state index in [1.54, 1.807) is 0 Å². The van der Waals surface area contributed by atoms with Crippen LogP contribution in [0.1, 0.15) is 5.56 Å². The van der Waals surface area contributed by atoms with Crippen LogP contribution in [0.4, 0.5) is 14.9 Å². The Morgan fingerprint density at radius 3 is 2.57 bits per heavy atom. The van der Waals surface area contributed by atoms with E-state index in [0.717, 1.165) is 17.7 Å². The molecule has 0 saturated heterocycles. The normalized spacial score (nSPS) is 10.0. The largest absolute Gasteiger partial charge is 0.491 e. The summed E-state index contributed by atoms with van der Waals surface area (Å²) in [6.45, 7) is 0.101. The molecule has 2 aromatic carbocycles. The Morgan fingerprint density at radius 2 is 1.90 bits per heavy atom. The lowest BCUT2D eigenvalue weighted by Crippen LogP contribution is -2.33.